The lowest BCUT2D eigenvalue weighted by molar-refractivity contribution is 0.0683. The van der Waals surface area contributed by atoms with Crippen LogP contribution in [0.5, 0.6) is 5.88 Å². The third kappa shape index (κ3) is 3.78. The lowest BCUT2D eigenvalue weighted by atomic mass is 10.1. The van der Waals surface area contributed by atoms with Crippen LogP contribution in [0.25, 0.3) is 0 Å². The second kappa shape index (κ2) is 7.67. The van der Waals surface area contributed by atoms with Crippen LogP contribution in [0, 0.1) is 0 Å². The van der Waals surface area contributed by atoms with Gasteiger partial charge in [-0.2, -0.15) is 4.31 Å². The molecular weight excluding hydrogens is 346 g/mol. The number of rotatable bonds is 4. The standard InChI is InChI=1S/C16H23N3O5S/c1-23-15-14(5-2-6-17-15)16(20)18-7-3-4-13(12-18)25(21,22)19-8-10-24-11-9-19/h2,5-6,13H,3-4,7-12H2,1H3/t13-/m1/s1. The Balaban J connectivity index is 1.75. The minimum Gasteiger partial charge on any atom is -0.480 e. The van der Waals surface area contributed by atoms with E-state index >= 15 is 0 Å². The van der Waals surface area contributed by atoms with Crippen LogP contribution in [0.1, 0.15) is 23.2 Å². The highest BCUT2D eigenvalue weighted by Gasteiger charge is 2.37. The first-order valence-electron chi connectivity index (χ1n) is 8.39. The molecule has 8 nitrogen and oxygen atoms in total. The highest BCUT2D eigenvalue weighted by Crippen LogP contribution is 2.24. The summed E-state index contributed by atoms with van der Waals surface area (Å²) in [6, 6.07) is 3.32. The minimum atomic E-state index is -3.44. The maximum atomic E-state index is 12.9. The summed E-state index contributed by atoms with van der Waals surface area (Å²) in [6.07, 6.45) is 2.77. The van der Waals surface area contributed by atoms with Gasteiger partial charge in [-0.15, -0.1) is 0 Å². The summed E-state index contributed by atoms with van der Waals surface area (Å²) in [5.41, 5.74) is 0.356. The van der Waals surface area contributed by atoms with E-state index in [-0.39, 0.29) is 18.3 Å². The average Bonchev–Trinajstić information content (AvgIpc) is 2.68. The summed E-state index contributed by atoms with van der Waals surface area (Å²) in [6.45, 7) is 2.32. The molecule has 2 aliphatic heterocycles. The van der Waals surface area contributed by atoms with Crippen LogP contribution in [-0.4, -0.2) is 80.3 Å². The number of carbonyl (C=O) groups excluding carboxylic acids is 1. The van der Waals surface area contributed by atoms with E-state index in [0.29, 0.717) is 51.3 Å². The Morgan fingerprint density at radius 2 is 2.08 bits per heavy atom. The van der Waals surface area contributed by atoms with Crippen molar-refractivity contribution >= 4 is 15.9 Å². The minimum absolute atomic E-state index is 0.191. The summed E-state index contributed by atoms with van der Waals surface area (Å²) in [5, 5.41) is -0.578. The number of carbonyl (C=O) groups is 1. The number of morpholine rings is 1. The molecule has 0 aromatic carbocycles. The molecule has 0 radical (unpaired) electrons. The van der Waals surface area contributed by atoms with Gasteiger partial charge in [-0.1, -0.05) is 0 Å². The molecule has 0 spiro atoms. The van der Waals surface area contributed by atoms with E-state index < -0.39 is 15.3 Å². The van der Waals surface area contributed by atoms with Crippen molar-refractivity contribution in [3.63, 3.8) is 0 Å². The van der Waals surface area contributed by atoms with Crippen molar-refractivity contribution in [2.45, 2.75) is 18.1 Å². The van der Waals surface area contributed by atoms with Crippen LogP contribution in [0.4, 0.5) is 0 Å². The molecule has 0 unspecified atom stereocenters. The van der Waals surface area contributed by atoms with E-state index in [2.05, 4.69) is 4.98 Å². The summed E-state index contributed by atoms with van der Waals surface area (Å²) in [7, 11) is -1.98. The number of likely N-dealkylation sites (tertiary alicyclic amines) is 1. The Morgan fingerprint density at radius 3 is 2.80 bits per heavy atom. The van der Waals surface area contributed by atoms with Gasteiger partial charge in [0.1, 0.15) is 5.56 Å². The van der Waals surface area contributed by atoms with E-state index in [4.69, 9.17) is 9.47 Å². The van der Waals surface area contributed by atoms with Gasteiger partial charge in [0.2, 0.25) is 15.9 Å². The fourth-order valence-corrected chi connectivity index (χ4v) is 5.18. The van der Waals surface area contributed by atoms with E-state index in [1.54, 1.807) is 23.2 Å². The smallest absolute Gasteiger partial charge is 0.259 e. The fourth-order valence-electron chi connectivity index (χ4n) is 3.26. The third-order valence-corrected chi connectivity index (χ3v) is 6.92. The van der Waals surface area contributed by atoms with Gasteiger partial charge >= 0.3 is 0 Å². The molecule has 1 aromatic heterocycles. The lowest BCUT2D eigenvalue weighted by Gasteiger charge is -2.36. The number of methoxy groups -OCH3 is 1. The van der Waals surface area contributed by atoms with Gasteiger partial charge in [-0.05, 0) is 25.0 Å². The predicted molar refractivity (Wildman–Crippen MR) is 91.0 cm³/mol. The Hall–Kier alpha value is -1.71. The number of hydrogen-bond acceptors (Lipinski definition) is 6. The first kappa shape index (κ1) is 18.1. The van der Waals surface area contributed by atoms with Crippen LogP contribution < -0.4 is 4.74 Å². The molecule has 9 heteroatoms. The Labute approximate surface area is 147 Å². The van der Waals surface area contributed by atoms with E-state index in [1.807, 2.05) is 0 Å². The summed E-state index contributed by atoms with van der Waals surface area (Å²) in [5.74, 6) is 0.0116. The van der Waals surface area contributed by atoms with E-state index in [9.17, 15) is 13.2 Å². The van der Waals surface area contributed by atoms with E-state index in [0.717, 1.165) is 0 Å². The summed E-state index contributed by atoms with van der Waals surface area (Å²) < 4.78 is 37.6. The fraction of sp³-hybridized carbons (Fsp3) is 0.625. The van der Waals surface area contributed by atoms with Crippen molar-refractivity contribution in [3.05, 3.63) is 23.9 Å². The highest BCUT2D eigenvalue weighted by molar-refractivity contribution is 7.89. The van der Waals surface area contributed by atoms with Crippen molar-refractivity contribution in [1.82, 2.24) is 14.2 Å². The van der Waals surface area contributed by atoms with Gasteiger partial charge < -0.3 is 14.4 Å². The van der Waals surface area contributed by atoms with Gasteiger partial charge in [0.05, 0.1) is 25.6 Å². The number of sulfonamides is 1. The van der Waals surface area contributed by atoms with Gasteiger partial charge in [0, 0.05) is 32.4 Å². The van der Waals surface area contributed by atoms with Crippen molar-refractivity contribution in [3.8, 4) is 5.88 Å². The molecule has 2 fully saturated rings. The molecule has 1 aromatic rings. The number of piperidine rings is 1. The topological polar surface area (TPSA) is 89.0 Å². The number of pyridine rings is 1. The molecule has 2 aliphatic rings. The first-order chi connectivity index (χ1) is 12.0. The molecule has 0 saturated carbocycles. The Kier molecular flexibility index (Phi) is 5.55. The molecule has 2 saturated heterocycles. The van der Waals surface area contributed by atoms with Crippen molar-refractivity contribution < 1.29 is 22.7 Å². The van der Waals surface area contributed by atoms with Crippen LogP contribution in [0.15, 0.2) is 18.3 Å². The second-order valence-electron chi connectivity index (χ2n) is 6.13. The monoisotopic (exact) mass is 369 g/mol. The van der Waals surface area contributed by atoms with Crippen molar-refractivity contribution in [2.75, 3.05) is 46.5 Å². The average molecular weight is 369 g/mol. The van der Waals surface area contributed by atoms with Gasteiger partial charge in [-0.3, -0.25) is 4.79 Å². The SMILES string of the molecule is COc1ncccc1C(=O)N1CCC[C@@H](S(=O)(=O)N2CCOCC2)C1. The Morgan fingerprint density at radius 1 is 1.32 bits per heavy atom. The maximum absolute atomic E-state index is 12.9. The quantitative estimate of drug-likeness (QED) is 0.761. The normalized spacial score (nSPS) is 22.6. The summed E-state index contributed by atoms with van der Waals surface area (Å²) >= 11 is 0. The van der Waals surface area contributed by atoms with Gasteiger partial charge in [-0.25, -0.2) is 13.4 Å². The maximum Gasteiger partial charge on any atom is 0.259 e. The third-order valence-electron chi connectivity index (χ3n) is 4.61. The predicted octanol–water partition coefficient (Wildman–Crippen LogP) is 0.357. The van der Waals surface area contributed by atoms with E-state index in [1.165, 1.54) is 11.4 Å². The summed E-state index contributed by atoms with van der Waals surface area (Å²) in [4.78, 5) is 18.4. The molecule has 0 aliphatic carbocycles. The van der Waals surface area contributed by atoms with Gasteiger partial charge in [0.25, 0.3) is 5.91 Å². The van der Waals surface area contributed by atoms with Crippen molar-refractivity contribution in [1.29, 1.82) is 0 Å². The molecule has 1 amide bonds. The molecular formula is C16H23N3O5S. The van der Waals surface area contributed by atoms with Crippen LogP contribution >= 0.6 is 0 Å². The first-order valence-corrected chi connectivity index (χ1v) is 9.89. The number of aromatic nitrogens is 1. The zero-order valence-corrected chi connectivity index (χ0v) is 15.1. The number of ether oxygens (including phenoxy) is 2. The number of nitrogens with zero attached hydrogens (tertiary/aromatic N) is 3. The molecule has 0 bridgehead atoms. The zero-order chi connectivity index (χ0) is 17.9. The van der Waals surface area contributed by atoms with Gasteiger partial charge in [0.15, 0.2) is 0 Å². The number of amides is 1. The Bertz CT molecular complexity index is 718. The van der Waals surface area contributed by atoms with Crippen LogP contribution in [-0.2, 0) is 14.8 Å². The second-order valence-corrected chi connectivity index (χ2v) is 8.35. The van der Waals surface area contributed by atoms with Crippen LogP contribution in [0.2, 0.25) is 0 Å². The zero-order valence-electron chi connectivity index (χ0n) is 14.3. The molecule has 3 heterocycles. The highest BCUT2D eigenvalue weighted by atomic mass is 32.2. The van der Waals surface area contributed by atoms with Crippen molar-refractivity contribution in [2.24, 2.45) is 0 Å². The number of hydrogen-bond donors (Lipinski definition) is 0. The largest absolute Gasteiger partial charge is 0.480 e. The molecule has 25 heavy (non-hydrogen) atoms. The molecule has 1 atom stereocenters. The molecule has 0 N–H and O–H groups in total. The molecule has 138 valence electrons. The van der Waals surface area contributed by atoms with Crippen LogP contribution in [0.3, 0.4) is 0 Å². The molecule has 3 rings (SSSR count). The lowest BCUT2D eigenvalue weighted by Crippen LogP contribution is -2.51.